The topological polar surface area (TPSA) is 75.7 Å². The van der Waals surface area contributed by atoms with E-state index in [-0.39, 0.29) is 11.5 Å². The van der Waals surface area contributed by atoms with Gasteiger partial charge in [-0.3, -0.25) is 4.79 Å². The molecule has 8 heteroatoms. The number of nitrogens with zero attached hydrogens (tertiary/aromatic N) is 1. The Labute approximate surface area is 159 Å². The highest BCUT2D eigenvalue weighted by Crippen LogP contribution is 2.45. The number of halogens is 1. The van der Waals surface area contributed by atoms with E-state index in [2.05, 4.69) is 0 Å². The van der Waals surface area contributed by atoms with Crippen LogP contribution in [0.3, 0.4) is 0 Å². The quantitative estimate of drug-likeness (QED) is 0.769. The molecule has 0 radical (unpaired) electrons. The van der Waals surface area contributed by atoms with Crippen LogP contribution in [-0.2, 0) is 10.2 Å². The third-order valence-electron chi connectivity index (χ3n) is 5.69. The van der Waals surface area contributed by atoms with Crippen molar-refractivity contribution in [3.05, 3.63) is 29.1 Å². The van der Waals surface area contributed by atoms with Crippen molar-refractivity contribution in [3.63, 3.8) is 0 Å². The predicted octanol–water partition coefficient (Wildman–Crippen LogP) is 2.95. The van der Waals surface area contributed by atoms with E-state index in [0.29, 0.717) is 31.4 Å². The van der Waals surface area contributed by atoms with Crippen LogP contribution >= 0.6 is 0 Å². The number of carbonyl (C=O) groups excluding carboxylic acids is 1. The SMILES string of the molecule is O=C(NS(=O)(=O)N1CCC1)c1cc(C2CC2)c(OCC2CCCC2)cc1F. The average Bonchev–Trinajstić information content (AvgIpc) is 3.25. The number of benzene rings is 1. The van der Waals surface area contributed by atoms with Crippen LogP contribution in [0.5, 0.6) is 5.75 Å². The molecule has 3 aliphatic rings. The second-order valence-electron chi connectivity index (χ2n) is 7.79. The van der Waals surface area contributed by atoms with Gasteiger partial charge in [-0.15, -0.1) is 0 Å². The lowest BCUT2D eigenvalue weighted by atomic mass is 10.0. The summed E-state index contributed by atoms with van der Waals surface area (Å²) in [6, 6.07) is 2.71. The smallest absolute Gasteiger partial charge is 0.304 e. The summed E-state index contributed by atoms with van der Waals surface area (Å²) in [7, 11) is -3.90. The van der Waals surface area contributed by atoms with Crippen LogP contribution in [-0.4, -0.2) is 38.3 Å². The lowest BCUT2D eigenvalue weighted by Gasteiger charge is -2.29. The molecule has 6 nitrogen and oxygen atoms in total. The summed E-state index contributed by atoms with van der Waals surface area (Å²) >= 11 is 0. The van der Waals surface area contributed by atoms with E-state index in [4.69, 9.17) is 4.74 Å². The van der Waals surface area contributed by atoms with Gasteiger partial charge in [0.25, 0.3) is 5.91 Å². The summed E-state index contributed by atoms with van der Waals surface area (Å²) in [5.41, 5.74) is 0.565. The highest BCUT2D eigenvalue weighted by molar-refractivity contribution is 7.87. The minimum Gasteiger partial charge on any atom is -0.493 e. The molecule has 0 bridgehead atoms. The van der Waals surface area contributed by atoms with Gasteiger partial charge < -0.3 is 4.74 Å². The predicted molar refractivity (Wildman–Crippen MR) is 98.4 cm³/mol. The molecular weight excluding hydrogens is 371 g/mol. The third-order valence-corrected chi connectivity index (χ3v) is 7.18. The fourth-order valence-electron chi connectivity index (χ4n) is 3.73. The number of nitrogens with one attached hydrogen (secondary N) is 1. The molecule has 3 fully saturated rings. The summed E-state index contributed by atoms with van der Waals surface area (Å²) in [5, 5.41) is 0. The highest BCUT2D eigenvalue weighted by atomic mass is 32.2. The maximum Gasteiger partial charge on any atom is 0.304 e. The number of carbonyl (C=O) groups is 1. The Balaban J connectivity index is 1.52. The molecule has 1 N–H and O–H groups in total. The van der Waals surface area contributed by atoms with Gasteiger partial charge in [0.05, 0.1) is 12.2 Å². The van der Waals surface area contributed by atoms with E-state index in [1.807, 2.05) is 4.72 Å². The van der Waals surface area contributed by atoms with Gasteiger partial charge >= 0.3 is 10.2 Å². The van der Waals surface area contributed by atoms with Crippen molar-refractivity contribution in [2.75, 3.05) is 19.7 Å². The first-order valence-electron chi connectivity index (χ1n) is 9.72. The highest BCUT2D eigenvalue weighted by Gasteiger charge is 2.33. The van der Waals surface area contributed by atoms with Crippen LogP contribution in [0.1, 0.15) is 66.8 Å². The van der Waals surface area contributed by atoms with Crippen LogP contribution in [0, 0.1) is 11.7 Å². The van der Waals surface area contributed by atoms with E-state index in [9.17, 15) is 17.6 Å². The number of hydrogen-bond acceptors (Lipinski definition) is 4. The molecule has 27 heavy (non-hydrogen) atoms. The second-order valence-corrected chi connectivity index (χ2v) is 9.47. The average molecular weight is 396 g/mol. The minimum atomic E-state index is -3.90. The maximum atomic E-state index is 14.6. The zero-order valence-electron chi connectivity index (χ0n) is 15.2. The summed E-state index contributed by atoms with van der Waals surface area (Å²) in [4.78, 5) is 12.4. The van der Waals surface area contributed by atoms with Gasteiger partial charge in [0.2, 0.25) is 0 Å². The normalized spacial score (nSPS) is 21.1. The van der Waals surface area contributed by atoms with Crippen molar-refractivity contribution in [2.45, 2.75) is 50.9 Å². The molecule has 4 rings (SSSR count). The van der Waals surface area contributed by atoms with Crippen molar-refractivity contribution in [1.82, 2.24) is 9.03 Å². The van der Waals surface area contributed by atoms with Gasteiger partial charge in [0, 0.05) is 19.2 Å². The van der Waals surface area contributed by atoms with Crippen LogP contribution in [0.4, 0.5) is 4.39 Å². The van der Waals surface area contributed by atoms with Gasteiger partial charge in [-0.1, -0.05) is 12.8 Å². The zero-order valence-corrected chi connectivity index (χ0v) is 16.1. The molecular formula is C19H25FN2O4S. The maximum absolute atomic E-state index is 14.6. The summed E-state index contributed by atoms with van der Waals surface area (Å²) in [6.45, 7) is 1.33. The van der Waals surface area contributed by atoms with Crippen molar-refractivity contribution in [2.24, 2.45) is 5.92 Å². The molecule has 1 aromatic carbocycles. The standard InChI is InChI=1S/C19H25FN2O4S/c20-17-11-18(26-12-13-4-1-2-5-13)15(14-6-7-14)10-16(17)19(23)21-27(24,25)22-8-3-9-22/h10-11,13-14H,1-9,12H2,(H,21,23). The van der Waals surface area contributed by atoms with Gasteiger partial charge in [-0.25, -0.2) is 9.11 Å². The Hall–Kier alpha value is -1.67. The van der Waals surface area contributed by atoms with E-state index >= 15 is 0 Å². The van der Waals surface area contributed by atoms with E-state index in [1.165, 1.54) is 29.3 Å². The molecule has 0 aromatic heterocycles. The van der Waals surface area contributed by atoms with Crippen molar-refractivity contribution >= 4 is 16.1 Å². The van der Waals surface area contributed by atoms with Crippen molar-refractivity contribution in [1.29, 1.82) is 0 Å². The summed E-state index contributed by atoms with van der Waals surface area (Å²) < 4.78 is 47.8. The molecule has 1 aliphatic heterocycles. The molecule has 148 valence electrons. The zero-order chi connectivity index (χ0) is 19.0. The number of amides is 1. The summed E-state index contributed by atoms with van der Waals surface area (Å²) in [6.07, 6.45) is 7.40. The van der Waals surface area contributed by atoms with Gasteiger partial charge in [0.1, 0.15) is 11.6 Å². The molecule has 1 amide bonds. The van der Waals surface area contributed by atoms with Gasteiger partial charge in [-0.2, -0.15) is 12.7 Å². The lowest BCUT2D eigenvalue weighted by Crippen LogP contribution is -2.49. The molecule has 0 atom stereocenters. The first kappa shape index (κ1) is 18.7. The molecule has 1 heterocycles. The van der Waals surface area contributed by atoms with Gasteiger partial charge in [-0.05, 0) is 55.6 Å². The lowest BCUT2D eigenvalue weighted by molar-refractivity contribution is 0.0973. The van der Waals surface area contributed by atoms with Gasteiger partial charge in [0.15, 0.2) is 0 Å². The Morgan fingerprint density at radius 1 is 1.15 bits per heavy atom. The Bertz CT molecular complexity index is 828. The van der Waals surface area contributed by atoms with Crippen LogP contribution in [0.25, 0.3) is 0 Å². The third kappa shape index (κ3) is 4.11. The van der Waals surface area contributed by atoms with Crippen LogP contribution < -0.4 is 9.46 Å². The molecule has 2 saturated carbocycles. The number of hydrogen-bond donors (Lipinski definition) is 1. The molecule has 0 spiro atoms. The Morgan fingerprint density at radius 3 is 2.44 bits per heavy atom. The number of rotatable bonds is 7. The second kappa shape index (κ2) is 7.39. The Morgan fingerprint density at radius 2 is 1.85 bits per heavy atom. The first-order valence-corrected chi connectivity index (χ1v) is 11.2. The minimum absolute atomic E-state index is 0.241. The fourth-order valence-corrected chi connectivity index (χ4v) is 4.95. The van der Waals surface area contributed by atoms with Crippen molar-refractivity contribution in [3.8, 4) is 5.75 Å². The molecule has 0 unspecified atom stereocenters. The molecule has 1 saturated heterocycles. The Kier molecular flexibility index (Phi) is 5.11. The summed E-state index contributed by atoms with van der Waals surface area (Å²) in [5.74, 6) is -0.433. The molecule has 1 aromatic rings. The number of ether oxygens (including phenoxy) is 1. The first-order chi connectivity index (χ1) is 12.9. The molecule has 2 aliphatic carbocycles. The van der Waals surface area contributed by atoms with Crippen LogP contribution in [0.2, 0.25) is 0 Å². The van der Waals surface area contributed by atoms with Crippen LogP contribution in [0.15, 0.2) is 12.1 Å². The largest absolute Gasteiger partial charge is 0.493 e. The van der Waals surface area contributed by atoms with E-state index in [1.54, 1.807) is 0 Å². The van der Waals surface area contributed by atoms with E-state index in [0.717, 1.165) is 37.7 Å². The van der Waals surface area contributed by atoms with E-state index < -0.39 is 21.9 Å². The fraction of sp³-hybridized carbons (Fsp3) is 0.632. The van der Waals surface area contributed by atoms with Crippen molar-refractivity contribution < 1.29 is 22.3 Å². The monoisotopic (exact) mass is 396 g/mol.